The summed E-state index contributed by atoms with van der Waals surface area (Å²) in [6.45, 7) is 21.6. The van der Waals surface area contributed by atoms with Gasteiger partial charge < -0.3 is 29.7 Å². The van der Waals surface area contributed by atoms with Gasteiger partial charge in [0.1, 0.15) is 0 Å². The number of hydrogen-bond acceptors (Lipinski definition) is 6. The molecule has 1 aliphatic heterocycles. The van der Waals surface area contributed by atoms with Crippen LogP contribution in [0.5, 0.6) is 0 Å². The fourth-order valence-corrected chi connectivity index (χ4v) is 6.06. The van der Waals surface area contributed by atoms with Crippen molar-refractivity contribution in [3.8, 4) is 0 Å². The van der Waals surface area contributed by atoms with Gasteiger partial charge in [0, 0.05) is 33.7 Å². The molecule has 9 nitrogen and oxygen atoms in total. The number of ether oxygens (including phenoxy) is 2. The molecule has 9 heteroatoms. The van der Waals surface area contributed by atoms with E-state index in [4.69, 9.17) is 9.47 Å². The van der Waals surface area contributed by atoms with Crippen molar-refractivity contribution in [3.05, 3.63) is 37.0 Å². The Balaban J connectivity index is 3.13. The average Bonchev–Trinajstić information content (AvgIpc) is 3.47. The van der Waals surface area contributed by atoms with Crippen molar-refractivity contribution in [2.24, 2.45) is 23.7 Å². The second kappa shape index (κ2) is 18.3. The molecule has 2 N–H and O–H groups in total. The lowest BCUT2D eigenvalue weighted by Crippen LogP contribution is -2.54. The molecule has 0 aromatic carbocycles. The molecule has 0 radical (unpaired) electrons. The molecule has 0 spiro atoms. The number of nitrogens with zero attached hydrogens (tertiary/aromatic N) is 2. The number of carbonyl (C=O) groups is 3. The summed E-state index contributed by atoms with van der Waals surface area (Å²) in [5, 5.41) is 13.6. The van der Waals surface area contributed by atoms with Gasteiger partial charge >= 0.3 is 0 Å². The lowest BCUT2D eigenvalue weighted by molar-refractivity contribution is -0.147. The molecule has 8 unspecified atom stereocenters. The van der Waals surface area contributed by atoms with Crippen molar-refractivity contribution in [1.82, 2.24) is 15.1 Å². The Hall–Kier alpha value is -2.49. The van der Waals surface area contributed by atoms with E-state index < -0.39 is 30.3 Å². The predicted molar refractivity (Wildman–Crippen MR) is 172 cm³/mol. The van der Waals surface area contributed by atoms with Crippen LogP contribution in [0.1, 0.15) is 74.1 Å². The fraction of sp³-hybridized carbons (Fsp3) is 0.735. The van der Waals surface area contributed by atoms with Gasteiger partial charge in [-0.1, -0.05) is 79.3 Å². The number of nitrogens with one attached hydrogen (secondary N) is 1. The summed E-state index contributed by atoms with van der Waals surface area (Å²) < 4.78 is 11.8. The highest BCUT2D eigenvalue weighted by Crippen LogP contribution is 2.30. The normalized spacial score (nSPS) is 21.3. The first-order valence-corrected chi connectivity index (χ1v) is 15.8. The number of allylic oxidation sites excluding steroid dienone is 2. The van der Waals surface area contributed by atoms with E-state index in [9.17, 15) is 19.5 Å². The first-order valence-electron chi connectivity index (χ1n) is 15.8. The number of methoxy groups -OCH3 is 2. The summed E-state index contributed by atoms with van der Waals surface area (Å²) in [5.74, 6) is -0.711. The summed E-state index contributed by atoms with van der Waals surface area (Å²) in [5.41, 5.74) is 0.556. The zero-order chi connectivity index (χ0) is 33.0. The standard InChI is InChI=1S/C34H59N3O6/c1-13-17-26(15-3)31(39)25(9)35-33(40)24(8)32(43-12)27-18-16-19-37(27)29(38)20-28(42-11)30(22(6)14-2)36(10)34(41)23(7)21(4)5/h13,15,17,21-25,27-28,30-32,39H,1,3,14,16,18-20H2,2,4-12H3,(H,35,40)/b26-17+/t22?,23-,24?,25?,27?,28?,30?,31?,32?/m0/s1. The van der Waals surface area contributed by atoms with Gasteiger partial charge in [-0.25, -0.2) is 0 Å². The van der Waals surface area contributed by atoms with Crippen LogP contribution < -0.4 is 5.32 Å². The van der Waals surface area contributed by atoms with Gasteiger partial charge in [-0.3, -0.25) is 14.4 Å². The minimum absolute atomic E-state index is 0.0488. The largest absolute Gasteiger partial charge is 0.386 e. The van der Waals surface area contributed by atoms with Crippen LogP contribution in [0.25, 0.3) is 0 Å². The van der Waals surface area contributed by atoms with Gasteiger partial charge in [0.15, 0.2) is 0 Å². The van der Waals surface area contributed by atoms with Crippen LogP contribution in [0.2, 0.25) is 0 Å². The third-order valence-corrected chi connectivity index (χ3v) is 9.38. The SMILES string of the molecule is C=C/C=C(\C=C)C(O)C(C)NC(=O)C(C)C(OC)C1CCCN1C(=O)CC(OC)C(C(C)CC)N(C)C(=O)[C@@H](C)C(C)C. The second-order valence-electron chi connectivity index (χ2n) is 12.5. The molecule has 1 aliphatic rings. The Morgan fingerprint density at radius 1 is 1.07 bits per heavy atom. The van der Waals surface area contributed by atoms with Gasteiger partial charge in [-0.15, -0.1) is 0 Å². The first kappa shape index (κ1) is 38.5. The highest BCUT2D eigenvalue weighted by Gasteiger charge is 2.42. The molecule has 0 aromatic rings. The van der Waals surface area contributed by atoms with Crippen molar-refractivity contribution >= 4 is 17.7 Å². The van der Waals surface area contributed by atoms with E-state index in [-0.39, 0.29) is 54.0 Å². The van der Waals surface area contributed by atoms with Crippen molar-refractivity contribution in [2.75, 3.05) is 27.8 Å². The molecule has 43 heavy (non-hydrogen) atoms. The molecular weight excluding hydrogens is 546 g/mol. The summed E-state index contributed by atoms with van der Waals surface area (Å²) in [6, 6.07) is -1.13. The highest BCUT2D eigenvalue weighted by atomic mass is 16.5. The van der Waals surface area contributed by atoms with E-state index in [1.54, 1.807) is 45.1 Å². The molecule has 1 fully saturated rings. The van der Waals surface area contributed by atoms with Crippen molar-refractivity contribution in [2.45, 2.75) is 111 Å². The van der Waals surface area contributed by atoms with E-state index in [0.717, 1.165) is 12.8 Å². The number of amides is 3. The second-order valence-corrected chi connectivity index (χ2v) is 12.5. The summed E-state index contributed by atoms with van der Waals surface area (Å²) >= 11 is 0. The van der Waals surface area contributed by atoms with Crippen molar-refractivity contribution in [1.29, 1.82) is 0 Å². The quantitative estimate of drug-likeness (QED) is 0.225. The number of aliphatic hydroxyl groups is 1. The number of likely N-dealkylation sites (tertiary alicyclic amines) is 1. The lowest BCUT2D eigenvalue weighted by Gasteiger charge is -2.40. The molecule has 3 amide bonds. The molecule has 246 valence electrons. The van der Waals surface area contributed by atoms with Crippen LogP contribution >= 0.6 is 0 Å². The molecule has 1 saturated heterocycles. The zero-order valence-corrected chi connectivity index (χ0v) is 28.3. The Kier molecular flexibility index (Phi) is 16.4. The lowest BCUT2D eigenvalue weighted by atomic mass is 9.88. The highest BCUT2D eigenvalue weighted by molar-refractivity contribution is 5.81. The molecular formula is C34H59N3O6. The van der Waals surface area contributed by atoms with Crippen LogP contribution in [0, 0.1) is 23.7 Å². The summed E-state index contributed by atoms with van der Waals surface area (Å²) in [4.78, 5) is 44.1. The van der Waals surface area contributed by atoms with Gasteiger partial charge in [-0.05, 0) is 37.2 Å². The minimum Gasteiger partial charge on any atom is -0.386 e. The van der Waals surface area contributed by atoms with E-state index >= 15 is 0 Å². The van der Waals surface area contributed by atoms with Gasteiger partial charge in [0.2, 0.25) is 17.7 Å². The maximum atomic E-state index is 13.9. The third-order valence-electron chi connectivity index (χ3n) is 9.38. The van der Waals surface area contributed by atoms with E-state index in [2.05, 4.69) is 32.3 Å². The van der Waals surface area contributed by atoms with Crippen LogP contribution in [-0.4, -0.2) is 96.9 Å². The maximum absolute atomic E-state index is 13.9. The van der Waals surface area contributed by atoms with Crippen LogP contribution in [0.4, 0.5) is 0 Å². The first-order chi connectivity index (χ1) is 20.2. The zero-order valence-electron chi connectivity index (χ0n) is 28.3. The van der Waals surface area contributed by atoms with Crippen LogP contribution in [0.3, 0.4) is 0 Å². The molecule has 0 aromatic heterocycles. The van der Waals surface area contributed by atoms with Crippen LogP contribution in [0.15, 0.2) is 37.0 Å². The molecule has 1 rings (SSSR count). The molecule has 0 aliphatic carbocycles. The molecule has 0 bridgehead atoms. The average molecular weight is 606 g/mol. The number of aliphatic hydroxyl groups excluding tert-OH is 1. The number of carbonyl (C=O) groups excluding carboxylic acids is 3. The summed E-state index contributed by atoms with van der Waals surface area (Å²) in [6.07, 6.45) is 5.24. The molecule has 1 heterocycles. The monoisotopic (exact) mass is 605 g/mol. The maximum Gasteiger partial charge on any atom is 0.225 e. The Labute approximate surface area is 260 Å². The van der Waals surface area contributed by atoms with Crippen LogP contribution in [-0.2, 0) is 23.9 Å². The summed E-state index contributed by atoms with van der Waals surface area (Å²) in [7, 11) is 4.97. The number of likely N-dealkylation sites (N-methyl/N-ethyl adjacent to an activating group) is 1. The third kappa shape index (κ3) is 10.0. The predicted octanol–water partition coefficient (Wildman–Crippen LogP) is 4.36. The number of hydrogen-bond donors (Lipinski definition) is 2. The van der Waals surface area contributed by atoms with E-state index in [1.165, 1.54) is 6.08 Å². The molecule has 0 saturated carbocycles. The fourth-order valence-electron chi connectivity index (χ4n) is 6.06. The van der Waals surface area contributed by atoms with Crippen molar-refractivity contribution in [3.63, 3.8) is 0 Å². The smallest absolute Gasteiger partial charge is 0.225 e. The van der Waals surface area contributed by atoms with E-state index in [0.29, 0.717) is 18.5 Å². The van der Waals surface area contributed by atoms with Gasteiger partial charge in [0.05, 0.1) is 48.8 Å². The van der Waals surface area contributed by atoms with E-state index in [1.807, 2.05) is 32.7 Å². The van der Waals surface area contributed by atoms with Gasteiger partial charge in [0.25, 0.3) is 0 Å². The van der Waals surface area contributed by atoms with Gasteiger partial charge in [-0.2, -0.15) is 0 Å². The topological polar surface area (TPSA) is 108 Å². The Morgan fingerprint density at radius 3 is 2.19 bits per heavy atom. The van der Waals surface area contributed by atoms with Crippen molar-refractivity contribution < 1.29 is 29.0 Å². The minimum atomic E-state index is -0.949. The Bertz CT molecular complexity index is 966. The molecule has 9 atom stereocenters. The Morgan fingerprint density at radius 2 is 1.70 bits per heavy atom. The number of rotatable bonds is 18.